The van der Waals surface area contributed by atoms with Crippen LogP contribution in [0.15, 0.2) is 0 Å². The molecule has 0 aliphatic carbocycles. The fraction of sp³-hybridized carbons (Fsp3) is 0.979. The number of hydrogen-bond donors (Lipinski definition) is 7. The van der Waals surface area contributed by atoms with E-state index in [2.05, 4.69) is 19.2 Å². The van der Waals surface area contributed by atoms with Gasteiger partial charge in [-0.05, 0) is 12.8 Å². The summed E-state index contributed by atoms with van der Waals surface area (Å²) < 4.78 is 11.2. The molecule has 0 aromatic carbocycles. The summed E-state index contributed by atoms with van der Waals surface area (Å²) in [5.74, 6) is -0.253. The van der Waals surface area contributed by atoms with Crippen molar-refractivity contribution in [2.24, 2.45) is 0 Å². The van der Waals surface area contributed by atoms with Gasteiger partial charge in [0.05, 0.1) is 25.4 Å². The monoisotopic (exact) mass is 830 g/mol. The van der Waals surface area contributed by atoms with Crippen LogP contribution in [0.1, 0.15) is 239 Å². The largest absolute Gasteiger partial charge is 0.394 e. The molecule has 8 atom stereocenters. The second-order valence-corrected chi connectivity index (χ2v) is 17.8. The van der Waals surface area contributed by atoms with E-state index in [9.17, 15) is 35.4 Å². The molecule has 0 spiro atoms. The van der Waals surface area contributed by atoms with Crippen molar-refractivity contribution in [2.75, 3.05) is 13.2 Å². The van der Waals surface area contributed by atoms with Gasteiger partial charge in [-0.15, -0.1) is 0 Å². The first-order valence-electron chi connectivity index (χ1n) is 24.8. The third-order valence-corrected chi connectivity index (χ3v) is 12.3. The Bertz CT molecular complexity index is 895. The van der Waals surface area contributed by atoms with Crippen LogP contribution in [0, 0.1) is 0 Å². The number of carbonyl (C=O) groups is 1. The van der Waals surface area contributed by atoms with Gasteiger partial charge in [-0.2, -0.15) is 0 Å². The maximum Gasteiger partial charge on any atom is 0.220 e. The smallest absolute Gasteiger partial charge is 0.220 e. The Morgan fingerprint density at radius 1 is 0.534 bits per heavy atom. The number of nitrogens with one attached hydrogen (secondary N) is 1. The molecule has 0 aromatic rings. The first kappa shape index (κ1) is 55.2. The average molecular weight is 830 g/mol. The van der Waals surface area contributed by atoms with Crippen LogP contribution >= 0.6 is 0 Å². The van der Waals surface area contributed by atoms with E-state index in [1.807, 2.05) is 0 Å². The van der Waals surface area contributed by atoms with Crippen LogP contribution in [0.2, 0.25) is 0 Å². The summed E-state index contributed by atoms with van der Waals surface area (Å²) in [4.78, 5) is 13.0. The molecule has 10 heteroatoms. The van der Waals surface area contributed by atoms with Crippen molar-refractivity contribution < 1.29 is 44.9 Å². The fourth-order valence-corrected chi connectivity index (χ4v) is 8.26. The molecule has 0 unspecified atom stereocenters. The number of carbonyl (C=O) groups excluding carboxylic acids is 1. The van der Waals surface area contributed by atoms with Crippen LogP contribution < -0.4 is 5.32 Å². The van der Waals surface area contributed by atoms with Gasteiger partial charge < -0.3 is 45.4 Å². The summed E-state index contributed by atoms with van der Waals surface area (Å²) in [5.41, 5.74) is 0. The summed E-state index contributed by atoms with van der Waals surface area (Å²) in [7, 11) is 0. The normalized spacial score (nSPS) is 21.3. The van der Waals surface area contributed by atoms with E-state index in [4.69, 9.17) is 9.47 Å². The first-order chi connectivity index (χ1) is 28.3. The van der Waals surface area contributed by atoms with Crippen LogP contribution in [0.25, 0.3) is 0 Å². The molecule has 1 saturated heterocycles. The van der Waals surface area contributed by atoms with Gasteiger partial charge in [0, 0.05) is 6.42 Å². The summed E-state index contributed by atoms with van der Waals surface area (Å²) in [6.45, 7) is 3.62. The molecule has 0 radical (unpaired) electrons. The first-order valence-corrected chi connectivity index (χ1v) is 24.8. The molecule has 7 N–H and O–H groups in total. The lowest BCUT2D eigenvalue weighted by molar-refractivity contribution is -0.303. The molecule has 10 nitrogen and oxygen atoms in total. The Labute approximate surface area is 356 Å². The molecule has 0 bridgehead atoms. The minimum atomic E-state index is -1.60. The second kappa shape index (κ2) is 39.0. The molecule has 0 aromatic heterocycles. The summed E-state index contributed by atoms with van der Waals surface area (Å²) in [5, 5.41) is 65.2. The second-order valence-electron chi connectivity index (χ2n) is 17.8. The summed E-state index contributed by atoms with van der Waals surface area (Å²) >= 11 is 0. The molecule has 1 fully saturated rings. The standard InChI is InChI=1S/C48H95NO9/c1-3-5-7-9-11-13-15-17-18-19-20-21-22-23-24-25-27-29-31-33-35-37-43(52)49-40(39-57-48-47(56)46(55)45(54)42(38-50)58-48)44(53)41(51)36-34-32-30-28-26-16-14-12-10-8-6-4-2/h40-42,44-48,50-51,53-56H,3-39H2,1-2H3,(H,49,52)/t40-,41+,42+,44-,45+,46-,47+,48-/m0/s1. The van der Waals surface area contributed by atoms with Gasteiger partial charge in [-0.25, -0.2) is 0 Å². The Kier molecular flexibility index (Phi) is 37.1. The minimum absolute atomic E-state index is 0.253. The van der Waals surface area contributed by atoms with Gasteiger partial charge >= 0.3 is 0 Å². The Balaban J connectivity index is 2.30. The van der Waals surface area contributed by atoms with Crippen molar-refractivity contribution >= 4 is 5.91 Å². The van der Waals surface area contributed by atoms with Crippen molar-refractivity contribution in [3.05, 3.63) is 0 Å². The zero-order chi connectivity index (χ0) is 42.5. The van der Waals surface area contributed by atoms with Crippen LogP contribution in [-0.2, 0) is 14.3 Å². The van der Waals surface area contributed by atoms with Crippen molar-refractivity contribution in [1.29, 1.82) is 0 Å². The van der Waals surface area contributed by atoms with Crippen molar-refractivity contribution in [2.45, 2.75) is 288 Å². The van der Waals surface area contributed by atoms with Crippen LogP contribution in [-0.4, -0.2) is 98.7 Å². The Morgan fingerprint density at radius 3 is 1.28 bits per heavy atom. The van der Waals surface area contributed by atoms with E-state index in [1.54, 1.807) is 0 Å². The third kappa shape index (κ3) is 28.6. The van der Waals surface area contributed by atoms with Gasteiger partial charge in [-0.3, -0.25) is 4.79 Å². The van der Waals surface area contributed by atoms with Gasteiger partial charge in [-0.1, -0.05) is 219 Å². The van der Waals surface area contributed by atoms with Crippen molar-refractivity contribution in [3.63, 3.8) is 0 Å². The van der Waals surface area contributed by atoms with Crippen LogP contribution in [0.3, 0.4) is 0 Å². The maximum atomic E-state index is 13.0. The Morgan fingerprint density at radius 2 is 0.897 bits per heavy atom. The molecule has 1 amide bonds. The van der Waals surface area contributed by atoms with Gasteiger partial charge in [0.1, 0.15) is 30.5 Å². The number of rotatable bonds is 42. The van der Waals surface area contributed by atoms with Gasteiger partial charge in [0.2, 0.25) is 5.91 Å². The zero-order valence-corrected chi connectivity index (χ0v) is 37.7. The van der Waals surface area contributed by atoms with Gasteiger partial charge in [0.15, 0.2) is 6.29 Å². The number of amides is 1. The highest BCUT2D eigenvalue weighted by Crippen LogP contribution is 2.23. The molecule has 1 rings (SSSR count). The van der Waals surface area contributed by atoms with Gasteiger partial charge in [0.25, 0.3) is 0 Å². The average Bonchev–Trinajstić information content (AvgIpc) is 3.22. The topological polar surface area (TPSA) is 169 Å². The van der Waals surface area contributed by atoms with Crippen molar-refractivity contribution in [3.8, 4) is 0 Å². The molecular weight excluding hydrogens is 735 g/mol. The van der Waals surface area contributed by atoms with Crippen LogP contribution in [0.5, 0.6) is 0 Å². The SMILES string of the molecule is CCCCCCCCCCCCCCCCCCCCCCCC(=O)N[C@@H](CO[C@H]1O[C@H](CO)[C@@H](O)[C@H](O)[C@H]1O)[C@H](O)[C@H](O)CCCCCCCCCCCCCC. The lowest BCUT2D eigenvalue weighted by Crippen LogP contribution is -2.60. The van der Waals surface area contributed by atoms with E-state index in [0.717, 1.165) is 38.5 Å². The summed E-state index contributed by atoms with van der Waals surface area (Å²) in [6, 6.07) is -0.984. The third-order valence-electron chi connectivity index (χ3n) is 12.3. The number of ether oxygens (including phenoxy) is 2. The predicted molar refractivity (Wildman–Crippen MR) is 237 cm³/mol. The van der Waals surface area contributed by atoms with E-state index >= 15 is 0 Å². The molecule has 346 valence electrons. The lowest BCUT2D eigenvalue weighted by atomic mass is 9.98. The van der Waals surface area contributed by atoms with Crippen LogP contribution in [0.4, 0.5) is 0 Å². The number of aliphatic hydroxyl groups excluding tert-OH is 6. The molecule has 58 heavy (non-hydrogen) atoms. The molecule has 1 heterocycles. The predicted octanol–water partition coefficient (Wildman–Crippen LogP) is 9.70. The number of unbranched alkanes of at least 4 members (excludes halogenated alkanes) is 31. The molecule has 1 aliphatic heterocycles. The number of hydrogen-bond acceptors (Lipinski definition) is 9. The minimum Gasteiger partial charge on any atom is -0.394 e. The fourth-order valence-electron chi connectivity index (χ4n) is 8.26. The number of aliphatic hydroxyl groups is 6. The highest BCUT2D eigenvalue weighted by Gasteiger charge is 2.44. The van der Waals surface area contributed by atoms with E-state index in [0.29, 0.717) is 6.42 Å². The molecule has 1 aliphatic rings. The summed E-state index contributed by atoms with van der Waals surface area (Å²) in [6.07, 6.45) is 32.6. The van der Waals surface area contributed by atoms with Crippen molar-refractivity contribution in [1.82, 2.24) is 5.32 Å². The maximum absolute atomic E-state index is 13.0. The van der Waals surface area contributed by atoms with E-state index < -0.39 is 55.6 Å². The van der Waals surface area contributed by atoms with E-state index in [-0.39, 0.29) is 18.9 Å². The van der Waals surface area contributed by atoms with E-state index in [1.165, 1.54) is 173 Å². The Hall–Kier alpha value is -0.850. The zero-order valence-electron chi connectivity index (χ0n) is 37.7. The highest BCUT2D eigenvalue weighted by atomic mass is 16.7. The quantitative estimate of drug-likeness (QED) is 0.0296. The molecule has 0 saturated carbocycles. The molecular formula is C48H95NO9. The highest BCUT2D eigenvalue weighted by molar-refractivity contribution is 5.76. The lowest BCUT2D eigenvalue weighted by Gasteiger charge is -2.40.